The highest BCUT2D eigenvalue weighted by molar-refractivity contribution is 5.97. The van der Waals surface area contributed by atoms with Crippen molar-refractivity contribution >= 4 is 5.91 Å². The van der Waals surface area contributed by atoms with E-state index in [0.29, 0.717) is 18.7 Å². The summed E-state index contributed by atoms with van der Waals surface area (Å²) in [7, 11) is 0. The van der Waals surface area contributed by atoms with Gasteiger partial charge in [0, 0.05) is 31.7 Å². The zero-order chi connectivity index (χ0) is 16.1. The second kappa shape index (κ2) is 6.85. The van der Waals surface area contributed by atoms with Gasteiger partial charge in [-0.05, 0) is 23.8 Å². The van der Waals surface area contributed by atoms with Gasteiger partial charge in [-0.3, -0.25) is 9.78 Å². The number of hydrogen-bond acceptors (Lipinski definition) is 4. The van der Waals surface area contributed by atoms with Gasteiger partial charge in [-0.1, -0.05) is 18.2 Å². The van der Waals surface area contributed by atoms with E-state index >= 15 is 0 Å². The first-order valence-corrected chi connectivity index (χ1v) is 7.27. The van der Waals surface area contributed by atoms with Crippen LogP contribution in [0, 0.1) is 0 Å². The van der Waals surface area contributed by atoms with Gasteiger partial charge in [-0.15, -0.1) is 0 Å². The molecule has 0 radical (unpaired) electrons. The summed E-state index contributed by atoms with van der Waals surface area (Å²) in [6.07, 6.45) is 6.92. The summed E-state index contributed by atoms with van der Waals surface area (Å²) in [6.45, 7) is 0.793. The fourth-order valence-corrected chi connectivity index (χ4v) is 2.27. The second-order valence-electron chi connectivity index (χ2n) is 5.04. The molecule has 1 amide bonds. The fourth-order valence-electron chi connectivity index (χ4n) is 2.27. The predicted molar refractivity (Wildman–Crippen MR) is 86.9 cm³/mol. The molecule has 3 N–H and O–H groups in total. The van der Waals surface area contributed by atoms with Crippen LogP contribution in [0.1, 0.15) is 21.6 Å². The van der Waals surface area contributed by atoms with Crippen molar-refractivity contribution in [3.63, 3.8) is 0 Å². The second-order valence-corrected chi connectivity index (χ2v) is 5.04. The molecule has 23 heavy (non-hydrogen) atoms. The van der Waals surface area contributed by atoms with Gasteiger partial charge >= 0.3 is 0 Å². The first-order valence-electron chi connectivity index (χ1n) is 7.27. The van der Waals surface area contributed by atoms with E-state index in [1.807, 2.05) is 36.5 Å². The Balaban J connectivity index is 1.80. The smallest absolute Gasteiger partial charge is 0.253 e. The Kier molecular flexibility index (Phi) is 4.44. The minimum atomic E-state index is -0.146. The Bertz CT molecular complexity index is 798. The summed E-state index contributed by atoms with van der Waals surface area (Å²) >= 11 is 0. The Morgan fingerprint density at radius 3 is 2.83 bits per heavy atom. The maximum absolute atomic E-state index is 12.5. The lowest BCUT2D eigenvalue weighted by atomic mass is 10.1. The summed E-state index contributed by atoms with van der Waals surface area (Å²) in [4.78, 5) is 20.7. The molecule has 2 heterocycles. The fraction of sp³-hybridized carbons (Fsp3) is 0.118. The van der Waals surface area contributed by atoms with Crippen LogP contribution in [0.3, 0.4) is 0 Å². The lowest BCUT2D eigenvalue weighted by Gasteiger charge is -2.10. The highest BCUT2D eigenvalue weighted by Crippen LogP contribution is 2.15. The van der Waals surface area contributed by atoms with E-state index in [0.717, 1.165) is 16.9 Å². The predicted octanol–water partition coefficient (Wildman–Crippen LogP) is 1.66. The van der Waals surface area contributed by atoms with Crippen molar-refractivity contribution in [3.8, 4) is 5.69 Å². The number of pyridine rings is 1. The van der Waals surface area contributed by atoms with Crippen molar-refractivity contribution in [2.45, 2.75) is 13.1 Å². The standard InChI is InChI=1S/C17H17N5O/c18-8-14-11-22(12-21-14)16-6-2-1-5-15(16)17(23)20-10-13-4-3-7-19-9-13/h1-7,9,11-12H,8,10,18H2,(H,20,23). The Morgan fingerprint density at radius 1 is 1.22 bits per heavy atom. The minimum absolute atomic E-state index is 0.146. The van der Waals surface area contributed by atoms with Gasteiger partial charge in [0.05, 0.1) is 23.3 Å². The molecule has 0 unspecified atom stereocenters. The Labute approximate surface area is 134 Å². The number of rotatable bonds is 5. The molecule has 0 bridgehead atoms. The van der Waals surface area contributed by atoms with Crippen LogP contribution < -0.4 is 11.1 Å². The summed E-state index contributed by atoms with van der Waals surface area (Å²) in [5.74, 6) is -0.146. The number of nitrogens with one attached hydrogen (secondary N) is 1. The van der Waals surface area contributed by atoms with Gasteiger partial charge in [0.2, 0.25) is 0 Å². The average Bonchev–Trinajstić information content (AvgIpc) is 3.09. The minimum Gasteiger partial charge on any atom is -0.348 e. The largest absolute Gasteiger partial charge is 0.348 e. The number of nitrogens with two attached hydrogens (primary N) is 1. The van der Waals surface area contributed by atoms with Crippen LogP contribution in [-0.2, 0) is 13.1 Å². The maximum atomic E-state index is 12.5. The van der Waals surface area contributed by atoms with Crippen molar-refractivity contribution < 1.29 is 4.79 Å². The third kappa shape index (κ3) is 3.44. The average molecular weight is 307 g/mol. The molecule has 2 aromatic heterocycles. The Hall–Kier alpha value is -2.99. The lowest BCUT2D eigenvalue weighted by molar-refractivity contribution is 0.0951. The molecule has 0 aliphatic carbocycles. The molecular formula is C17H17N5O. The molecule has 3 rings (SSSR count). The monoisotopic (exact) mass is 307 g/mol. The number of para-hydroxylation sites is 1. The number of carbonyl (C=O) groups excluding carboxylic acids is 1. The van der Waals surface area contributed by atoms with Gasteiger partial charge < -0.3 is 15.6 Å². The number of imidazole rings is 1. The number of aromatic nitrogens is 3. The molecule has 0 spiro atoms. The van der Waals surface area contributed by atoms with E-state index < -0.39 is 0 Å². The number of amides is 1. The molecule has 6 nitrogen and oxygen atoms in total. The number of nitrogens with zero attached hydrogens (tertiary/aromatic N) is 3. The molecule has 116 valence electrons. The van der Waals surface area contributed by atoms with Crippen LogP contribution in [0.4, 0.5) is 0 Å². The summed E-state index contributed by atoms with van der Waals surface area (Å²) in [5, 5.41) is 2.91. The van der Waals surface area contributed by atoms with Gasteiger partial charge in [0.15, 0.2) is 0 Å². The molecule has 0 atom stereocenters. The first kappa shape index (κ1) is 14.9. The molecule has 6 heteroatoms. The molecule has 3 aromatic rings. The number of hydrogen-bond donors (Lipinski definition) is 2. The third-order valence-electron chi connectivity index (χ3n) is 3.45. The van der Waals surface area contributed by atoms with E-state index in [1.165, 1.54) is 0 Å². The number of benzene rings is 1. The normalized spacial score (nSPS) is 10.5. The molecular weight excluding hydrogens is 290 g/mol. The molecule has 0 fully saturated rings. The molecule has 0 aliphatic rings. The topological polar surface area (TPSA) is 85.8 Å². The lowest BCUT2D eigenvalue weighted by Crippen LogP contribution is -2.24. The van der Waals surface area contributed by atoms with Crippen molar-refractivity contribution in [3.05, 3.63) is 78.1 Å². The summed E-state index contributed by atoms with van der Waals surface area (Å²) in [6, 6.07) is 11.1. The highest BCUT2D eigenvalue weighted by Gasteiger charge is 2.12. The third-order valence-corrected chi connectivity index (χ3v) is 3.45. The van der Waals surface area contributed by atoms with E-state index in [9.17, 15) is 4.79 Å². The van der Waals surface area contributed by atoms with Crippen molar-refractivity contribution in [2.24, 2.45) is 5.73 Å². The quantitative estimate of drug-likeness (QED) is 0.750. The van der Waals surface area contributed by atoms with Gasteiger partial charge in [0.25, 0.3) is 5.91 Å². The van der Waals surface area contributed by atoms with Crippen LogP contribution in [0.25, 0.3) is 5.69 Å². The van der Waals surface area contributed by atoms with Crippen molar-refractivity contribution in [1.82, 2.24) is 19.9 Å². The zero-order valence-electron chi connectivity index (χ0n) is 12.5. The van der Waals surface area contributed by atoms with E-state index in [1.54, 1.807) is 29.4 Å². The SMILES string of the molecule is NCc1cn(-c2ccccc2C(=O)NCc2cccnc2)cn1. The zero-order valence-corrected chi connectivity index (χ0v) is 12.5. The van der Waals surface area contributed by atoms with Crippen LogP contribution in [0.2, 0.25) is 0 Å². The maximum Gasteiger partial charge on any atom is 0.253 e. The van der Waals surface area contributed by atoms with Gasteiger partial charge in [-0.2, -0.15) is 0 Å². The Morgan fingerprint density at radius 2 is 2.09 bits per heavy atom. The van der Waals surface area contributed by atoms with Crippen LogP contribution >= 0.6 is 0 Å². The van der Waals surface area contributed by atoms with E-state index in [2.05, 4.69) is 15.3 Å². The summed E-state index contributed by atoms with van der Waals surface area (Å²) < 4.78 is 1.81. The molecule has 0 saturated carbocycles. The van der Waals surface area contributed by atoms with E-state index in [4.69, 9.17) is 5.73 Å². The summed E-state index contributed by atoms with van der Waals surface area (Å²) in [5.41, 5.74) is 8.66. The van der Waals surface area contributed by atoms with E-state index in [-0.39, 0.29) is 5.91 Å². The van der Waals surface area contributed by atoms with Gasteiger partial charge in [-0.25, -0.2) is 4.98 Å². The van der Waals surface area contributed by atoms with Crippen molar-refractivity contribution in [1.29, 1.82) is 0 Å². The molecule has 0 saturated heterocycles. The van der Waals surface area contributed by atoms with Crippen molar-refractivity contribution in [2.75, 3.05) is 0 Å². The first-order chi connectivity index (χ1) is 11.3. The highest BCUT2D eigenvalue weighted by atomic mass is 16.1. The molecule has 1 aromatic carbocycles. The van der Waals surface area contributed by atoms with Gasteiger partial charge in [0.1, 0.15) is 0 Å². The van der Waals surface area contributed by atoms with Crippen LogP contribution in [0.5, 0.6) is 0 Å². The van der Waals surface area contributed by atoms with Crippen LogP contribution in [-0.4, -0.2) is 20.4 Å². The van der Waals surface area contributed by atoms with Crippen LogP contribution in [0.15, 0.2) is 61.3 Å². The number of carbonyl (C=O) groups is 1. The molecule has 0 aliphatic heterocycles.